The molecule has 1 heterocycles. The van der Waals surface area contributed by atoms with Crippen LogP contribution in [0.3, 0.4) is 0 Å². The van der Waals surface area contributed by atoms with Crippen molar-refractivity contribution in [3.63, 3.8) is 0 Å². The van der Waals surface area contributed by atoms with E-state index < -0.39 is 12.2 Å². The number of nitrogen functional groups attached to an aromatic ring is 1. The number of fused-ring (bicyclic) bond motifs is 1. The first-order chi connectivity index (χ1) is 10.5. The minimum absolute atomic E-state index is 0.170. The van der Waals surface area contributed by atoms with Crippen LogP contribution in [0, 0.1) is 11.8 Å². The summed E-state index contributed by atoms with van der Waals surface area (Å²) < 4.78 is 0.810. The van der Waals surface area contributed by atoms with Crippen molar-refractivity contribution in [1.82, 2.24) is 4.98 Å². The van der Waals surface area contributed by atoms with Crippen LogP contribution in [0.2, 0.25) is 0 Å². The first-order valence-electron chi connectivity index (χ1n) is 7.66. The molecule has 0 spiro atoms. The molecule has 0 radical (unpaired) electrons. The van der Waals surface area contributed by atoms with E-state index in [4.69, 9.17) is 5.73 Å². The van der Waals surface area contributed by atoms with Gasteiger partial charge in [0, 0.05) is 5.39 Å². The summed E-state index contributed by atoms with van der Waals surface area (Å²) in [7, 11) is 0. The number of rotatable bonds is 3. The monoisotopic (exact) mass is 364 g/mol. The second-order valence-corrected chi connectivity index (χ2v) is 7.23. The van der Waals surface area contributed by atoms with E-state index in [1.807, 2.05) is 19.1 Å². The number of hydrogen-bond donors (Lipinski definition) is 3. The lowest BCUT2D eigenvalue weighted by atomic mass is 9.95. The summed E-state index contributed by atoms with van der Waals surface area (Å²) >= 11 is 3.39. The number of aryl methyl sites for hydroxylation is 1. The summed E-state index contributed by atoms with van der Waals surface area (Å²) in [6.45, 7) is 1.99. The molecule has 1 aromatic carbocycles. The number of aliphatic hydroxyl groups is 2. The van der Waals surface area contributed by atoms with E-state index in [-0.39, 0.29) is 11.8 Å². The van der Waals surface area contributed by atoms with Gasteiger partial charge in [-0.3, -0.25) is 0 Å². The fourth-order valence-electron chi connectivity index (χ4n) is 3.37. The molecule has 0 bridgehead atoms. The van der Waals surface area contributed by atoms with Crippen LogP contribution in [0.25, 0.3) is 10.9 Å². The van der Waals surface area contributed by atoms with Gasteiger partial charge in [-0.1, -0.05) is 19.1 Å². The van der Waals surface area contributed by atoms with Gasteiger partial charge in [0.15, 0.2) is 0 Å². The van der Waals surface area contributed by atoms with Gasteiger partial charge in [0.25, 0.3) is 0 Å². The highest BCUT2D eigenvalue weighted by molar-refractivity contribution is 9.10. The molecule has 22 heavy (non-hydrogen) atoms. The van der Waals surface area contributed by atoms with Crippen LogP contribution in [-0.4, -0.2) is 27.4 Å². The smallest absolute Gasteiger partial charge is 0.138 e. The fourth-order valence-corrected chi connectivity index (χ4v) is 3.71. The fraction of sp³-hybridized carbons (Fsp3) is 0.471. The highest BCUT2D eigenvalue weighted by Crippen LogP contribution is 2.34. The maximum absolute atomic E-state index is 10.1. The summed E-state index contributed by atoms with van der Waals surface area (Å²) in [5.41, 5.74) is 7.91. The summed E-state index contributed by atoms with van der Waals surface area (Å²) in [5, 5.41) is 21.0. The molecule has 1 fully saturated rings. The molecule has 0 aliphatic heterocycles. The Hall–Kier alpha value is -1.17. The molecular weight excluding hydrogens is 344 g/mol. The van der Waals surface area contributed by atoms with Gasteiger partial charge in [0.05, 0.1) is 22.2 Å². The molecule has 1 aromatic heterocycles. The van der Waals surface area contributed by atoms with Crippen molar-refractivity contribution in [2.75, 3.05) is 5.73 Å². The molecule has 1 aliphatic rings. The Morgan fingerprint density at radius 3 is 2.73 bits per heavy atom. The van der Waals surface area contributed by atoms with E-state index in [2.05, 4.69) is 33.0 Å². The molecule has 2 aromatic rings. The maximum Gasteiger partial charge on any atom is 0.138 e. The standard InChI is InChI=1S/C17H21BrN2O2/c1-9-6-12(16(22)15(9)21)5-3-10-2-4-11-8-13(18)17(19)20-14(11)7-10/h2,4,7-9,12,15-16,21-22H,3,5-6H2,1H3,(H2,19,20)/t9-,12+,15+,16-/m1/s1. The van der Waals surface area contributed by atoms with Gasteiger partial charge in [-0.05, 0) is 64.7 Å². The third-order valence-electron chi connectivity index (χ3n) is 4.76. The quantitative estimate of drug-likeness (QED) is 0.782. The minimum Gasteiger partial charge on any atom is -0.390 e. The van der Waals surface area contributed by atoms with Gasteiger partial charge in [-0.15, -0.1) is 0 Å². The number of nitrogens with zero attached hydrogens (tertiary/aromatic N) is 1. The first-order valence-corrected chi connectivity index (χ1v) is 8.46. The largest absolute Gasteiger partial charge is 0.390 e. The van der Waals surface area contributed by atoms with Crippen molar-refractivity contribution in [2.24, 2.45) is 11.8 Å². The Bertz CT molecular complexity index is 692. The number of aromatic nitrogens is 1. The van der Waals surface area contributed by atoms with Crippen molar-refractivity contribution in [1.29, 1.82) is 0 Å². The Labute approximate surface area is 138 Å². The average molecular weight is 365 g/mol. The van der Waals surface area contributed by atoms with Crippen LogP contribution >= 0.6 is 15.9 Å². The van der Waals surface area contributed by atoms with Crippen LogP contribution in [0.5, 0.6) is 0 Å². The molecule has 5 heteroatoms. The molecule has 0 saturated heterocycles. The van der Waals surface area contributed by atoms with Gasteiger partial charge < -0.3 is 15.9 Å². The highest BCUT2D eigenvalue weighted by Gasteiger charge is 2.38. The molecule has 0 unspecified atom stereocenters. The van der Waals surface area contributed by atoms with Crippen molar-refractivity contribution in [3.05, 3.63) is 34.3 Å². The van der Waals surface area contributed by atoms with Gasteiger partial charge in [0.1, 0.15) is 5.82 Å². The third-order valence-corrected chi connectivity index (χ3v) is 5.39. The lowest BCUT2D eigenvalue weighted by molar-refractivity contribution is 0.00551. The van der Waals surface area contributed by atoms with Gasteiger partial charge in [-0.2, -0.15) is 0 Å². The number of benzene rings is 1. The van der Waals surface area contributed by atoms with E-state index in [9.17, 15) is 10.2 Å². The molecule has 4 N–H and O–H groups in total. The van der Waals surface area contributed by atoms with E-state index >= 15 is 0 Å². The summed E-state index contributed by atoms with van der Waals surface area (Å²) in [5.74, 6) is 0.840. The van der Waals surface area contributed by atoms with E-state index in [0.29, 0.717) is 5.82 Å². The zero-order valence-electron chi connectivity index (χ0n) is 12.5. The lowest BCUT2D eigenvalue weighted by Crippen LogP contribution is -2.27. The van der Waals surface area contributed by atoms with Crippen molar-refractivity contribution >= 4 is 32.7 Å². The van der Waals surface area contributed by atoms with Crippen LogP contribution in [0.4, 0.5) is 5.82 Å². The maximum atomic E-state index is 10.1. The molecule has 4 nitrogen and oxygen atoms in total. The lowest BCUT2D eigenvalue weighted by Gasteiger charge is -2.16. The Balaban J connectivity index is 1.73. The van der Waals surface area contributed by atoms with Crippen LogP contribution < -0.4 is 5.73 Å². The van der Waals surface area contributed by atoms with Crippen molar-refractivity contribution in [2.45, 2.75) is 38.4 Å². The van der Waals surface area contributed by atoms with Gasteiger partial charge in [-0.25, -0.2) is 4.98 Å². The Kier molecular flexibility index (Phi) is 4.39. The number of halogens is 1. The molecule has 3 rings (SSSR count). The zero-order chi connectivity index (χ0) is 15.9. The van der Waals surface area contributed by atoms with Gasteiger partial charge >= 0.3 is 0 Å². The number of hydrogen-bond acceptors (Lipinski definition) is 4. The van der Waals surface area contributed by atoms with E-state index in [0.717, 1.165) is 34.6 Å². The number of anilines is 1. The molecule has 1 saturated carbocycles. The van der Waals surface area contributed by atoms with E-state index in [1.54, 1.807) is 0 Å². The number of pyridine rings is 1. The minimum atomic E-state index is -0.597. The topological polar surface area (TPSA) is 79.4 Å². The highest BCUT2D eigenvalue weighted by atomic mass is 79.9. The average Bonchev–Trinajstić information content (AvgIpc) is 2.73. The molecule has 118 valence electrons. The normalized spacial score (nSPS) is 28.4. The number of nitrogens with two attached hydrogens (primary N) is 1. The Morgan fingerprint density at radius 2 is 2.05 bits per heavy atom. The second kappa shape index (κ2) is 6.14. The molecule has 4 atom stereocenters. The van der Waals surface area contributed by atoms with E-state index in [1.165, 1.54) is 5.56 Å². The van der Waals surface area contributed by atoms with Crippen LogP contribution in [0.1, 0.15) is 25.3 Å². The van der Waals surface area contributed by atoms with Crippen molar-refractivity contribution in [3.8, 4) is 0 Å². The Morgan fingerprint density at radius 1 is 1.27 bits per heavy atom. The number of aliphatic hydroxyl groups excluding tert-OH is 2. The molecular formula is C17H21BrN2O2. The molecule has 1 aliphatic carbocycles. The summed E-state index contributed by atoms with van der Waals surface area (Å²) in [4.78, 5) is 4.40. The zero-order valence-corrected chi connectivity index (χ0v) is 14.1. The predicted octanol–water partition coefficient (Wildman–Crippen LogP) is 2.89. The van der Waals surface area contributed by atoms with Crippen LogP contribution in [0.15, 0.2) is 28.7 Å². The van der Waals surface area contributed by atoms with Gasteiger partial charge in [0.2, 0.25) is 0 Å². The second-order valence-electron chi connectivity index (χ2n) is 6.38. The summed E-state index contributed by atoms with van der Waals surface area (Å²) in [6, 6.07) is 8.16. The SMILES string of the molecule is C[C@@H]1C[C@H](CCc2ccc3cc(Br)c(N)nc3c2)[C@@H](O)[C@H]1O. The van der Waals surface area contributed by atoms with Crippen molar-refractivity contribution < 1.29 is 10.2 Å². The third kappa shape index (κ3) is 2.98. The first kappa shape index (κ1) is 15.7. The van der Waals surface area contributed by atoms with Crippen LogP contribution in [-0.2, 0) is 6.42 Å². The predicted molar refractivity (Wildman–Crippen MR) is 91.5 cm³/mol. The summed E-state index contributed by atoms with van der Waals surface area (Å²) in [6.07, 6.45) is 1.45. The molecule has 0 amide bonds.